The lowest BCUT2D eigenvalue weighted by Crippen LogP contribution is -2.26. The van der Waals surface area contributed by atoms with Gasteiger partial charge in [-0.2, -0.15) is 8.42 Å². The van der Waals surface area contributed by atoms with Crippen molar-refractivity contribution in [1.29, 1.82) is 0 Å². The van der Waals surface area contributed by atoms with Gasteiger partial charge in [0, 0.05) is 12.5 Å². The van der Waals surface area contributed by atoms with Gasteiger partial charge in [0.05, 0.1) is 0 Å². The molecule has 0 aromatic heterocycles. The summed E-state index contributed by atoms with van der Waals surface area (Å²) in [6.45, 7) is 0.367. The van der Waals surface area contributed by atoms with Crippen LogP contribution in [0, 0.1) is 0 Å². The predicted octanol–water partition coefficient (Wildman–Crippen LogP) is 4.49. The van der Waals surface area contributed by atoms with Crippen LogP contribution in [0.15, 0.2) is 83.8 Å². The van der Waals surface area contributed by atoms with Gasteiger partial charge in [-0.1, -0.05) is 78.9 Å². The fraction of sp³-hybridized carbons (Fsp3) is 0.125. The van der Waals surface area contributed by atoms with Gasteiger partial charge in [0.15, 0.2) is 0 Å². The molecule has 158 valence electrons. The highest BCUT2D eigenvalue weighted by molar-refractivity contribution is 7.85. The van der Waals surface area contributed by atoms with Gasteiger partial charge in [-0.05, 0) is 33.9 Å². The number of fused-ring (bicyclic) bond motifs is 3. The fourth-order valence-electron chi connectivity index (χ4n) is 3.83. The van der Waals surface area contributed by atoms with E-state index in [9.17, 15) is 17.8 Å². The largest absolute Gasteiger partial charge is 0.449 e. The summed E-state index contributed by atoms with van der Waals surface area (Å²) in [7, 11) is -4.32. The Labute approximate surface area is 180 Å². The van der Waals surface area contributed by atoms with Gasteiger partial charge in [-0.25, -0.2) is 4.79 Å². The molecule has 0 radical (unpaired) electrons. The molecule has 1 aliphatic rings. The van der Waals surface area contributed by atoms with Crippen molar-refractivity contribution in [3.63, 3.8) is 0 Å². The lowest BCUT2D eigenvalue weighted by atomic mass is 9.98. The number of ether oxygens (including phenoxy) is 1. The summed E-state index contributed by atoms with van der Waals surface area (Å²) in [6, 6.07) is 22.3. The second kappa shape index (κ2) is 8.75. The zero-order chi connectivity index (χ0) is 21.8. The van der Waals surface area contributed by atoms with Crippen molar-refractivity contribution in [3.05, 3.63) is 95.6 Å². The van der Waals surface area contributed by atoms with Crippen LogP contribution in [-0.4, -0.2) is 32.2 Å². The highest BCUT2D eigenvalue weighted by atomic mass is 32.2. The Balaban J connectivity index is 1.36. The van der Waals surface area contributed by atoms with Crippen LogP contribution in [0.4, 0.5) is 4.79 Å². The monoisotopic (exact) mass is 435 g/mol. The van der Waals surface area contributed by atoms with Crippen molar-refractivity contribution in [2.45, 2.75) is 10.8 Å². The number of carbonyl (C=O) groups excluding carboxylic acids is 1. The summed E-state index contributed by atoms with van der Waals surface area (Å²) in [4.78, 5) is 12.0. The Morgan fingerprint density at radius 2 is 1.52 bits per heavy atom. The molecule has 0 unspecified atom stereocenters. The molecule has 0 spiro atoms. The van der Waals surface area contributed by atoms with Gasteiger partial charge < -0.3 is 10.1 Å². The van der Waals surface area contributed by atoms with Gasteiger partial charge >= 0.3 is 6.09 Å². The highest BCUT2D eigenvalue weighted by Gasteiger charge is 2.28. The Hall–Kier alpha value is -3.42. The van der Waals surface area contributed by atoms with Crippen molar-refractivity contribution in [1.82, 2.24) is 5.32 Å². The van der Waals surface area contributed by atoms with Crippen molar-refractivity contribution < 1.29 is 22.5 Å². The number of carbonyl (C=O) groups is 1. The van der Waals surface area contributed by atoms with Crippen molar-refractivity contribution >= 4 is 22.3 Å². The van der Waals surface area contributed by atoms with Crippen molar-refractivity contribution in [2.24, 2.45) is 0 Å². The topological polar surface area (TPSA) is 92.7 Å². The lowest BCUT2D eigenvalue weighted by molar-refractivity contribution is 0.144. The van der Waals surface area contributed by atoms with E-state index in [1.807, 2.05) is 24.3 Å². The molecule has 7 heteroatoms. The standard InChI is InChI=1S/C24H21NO5S/c26-24(25-15-7-9-17-8-1-6-14-23(17)31(27,28)29)30-16-22-20-12-4-2-10-18(20)19-11-3-5-13-21(19)22/h1-14,22H,15-16H2,(H,25,26)(H,27,28,29). The third-order valence-electron chi connectivity index (χ3n) is 5.20. The Morgan fingerprint density at radius 1 is 0.935 bits per heavy atom. The van der Waals surface area contributed by atoms with E-state index >= 15 is 0 Å². The number of alkyl carbamates (subject to hydrolysis) is 1. The van der Waals surface area contributed by atoms with Gasteiger partial charge in [0.2, 0.25) is 0 Å². The molecule has 0 fully saturated rings. The number of nitrogens with one attached hydrogen (secondary N) is 1. The zero-order valence-electron chi connectivity index (χ0n) is 16.6. The van der Waals surface area contributed by atoms with Gasteiger partial charge in [0.1, 0.15) is 11.5 Å². The highest BCUT2D eigenvalue weighted by Crippen LogP contribution is 2.44. The molecule has 31 heavy (non-hydrogen) atoms. The van der Waals surface area contributed by atoms with Crippen LogP contribution in [0.3, 0.4) is 0 Å². The van der Waals surface area contributed by atoms with Crippen LogP contribution in [0.25, 0.3) is 17.2 Å². The summed E-state index contributed by atoms with van der Waals surface area (Å²) in [5.74, 6) is -0.0182. The van der Waals surface area contributed by atoms with Crippen LogP contribution >= 0.6 is 0 Å². The maximum atomic E-state index is 12.2. The van der Waals surface area contributed by atoms with Crippen molar-refractivity contribution in [2.75, 3.05) is 13.2 Å². The molecule has 3 aromatic carbocycles. The minimum atomic E-state index is -4.32. The Kier molecular flexibility index (Phi) is 5.88. The van der Waals surface area contributed by atoms with E-state index in [-0.39, 0.29) is 24.0 Å². The molecule has 0 atom stereocenters. The number of benzene rings is 3. The average Bonchev–Trinajstić information content (AvgIpc) is 3.09. The second-order valence-corrected chi connectivity index (χ2v) is 8.51. The number of rotatable bonds is 6. The lowest BCUT2D eigenvalue weighted by Gasteiger charge is -2.14. The first kappa shape index (κ1) is 20.8. The van der Waals surface area contributed by atoms with E-state index in [2.05, 4.69) is 29.6 Å². The second-order valence-electron chi connectivity index (χ2n) is 7.12. The summed E-state index contributed by atoms with van der Waals surface area (Å²) in [5.41, 5.74) is 4.93. The number of hydrogen-bond donors (Lipinski definition) is 2. The molecule has 0 bridgehead atoms. The first-order chi connectivity index (χ1) is 14.9. The minimum absolute atomic E-state index is 0.0182. The van der Waals surface area contributed by atoms with E-state index in [1.54, 1.807) is 18.2 Å². The molecule has 1 amide bonds. The first-order valence-corrected chi connectivity index (χ1v) is 11.2. The van der Waals surface area contributed by atoms with Crippen molar-refractivity contribution in [3.8, 4) is 11.1 Å². The minimum Gasteiger partial charge on any atom is -0.449 e. The molecule has 2 N–H and O–H groups in total. The SMILES string of the molecule is O=C(NCC=Cc1ccccc1S(=O)(=O)O)OCC1c2ccccc2-c2ccccc21. The third kappa shape index (κ3) is 4.52. The number of hydrogen-bond acceptors (Lipinski definition) is 4. The van der Waals surface area contributed by atoms with Gasteiger partial charge in [-0.15, -0.1) is 0 Å². The summed E-state index contributed by atoms with van der Waals surface area (Å²) in [6.07, 6.45) is 2.55. The maximum Gasteiger partial charge on any atom is 0.407 e. The maximum absolute atomic E-state index is 12.2. The Morgan fingerprint density at radius 3 is 2.16 bits per heavy atom. The fourth-order valence-corrected chi connectivity index (χ4v) is 4.52. The van der Waals surface area contributed by atoms with Gasteiger partial charge in [0.25, 0.3) is 10.1 Å². The summed E-state index contributed by atoms with van der Waals surface area (Å²) in [5, 5.41) is 2.62. The quantitative estimate of drug-likeness (QED) is 0.557. The Bertz CT molecular complexity index is 1200. The molecule has 3 aromatic rings. The van der Waals surface area contributed by atoms with Crippen LogP contribution in [0.2, 0.25) is 0 Å². The predicted molar refractivity (Wildman–Crippen MR) is 118 cm³/mol. The van der Waals surface area contributed by atoms with E-state index in [1.165, 1.54) is 18.2 Å². The molecule has 1 aliphatic carbocycles. The molecule has 0 aliphatic heterocycles. The van der Waals surface area contributed by atoms with E-state index in [0.717, 1.165) is 22.3 Å². The van der Waals surface area contributed by atoms with E-state index < -0.39 is 16.2 Å². The third-order valence-corrected chi connectivity index (χ3v) is 6.13. The average molecular weight is 436 g/mol. The molecule has 4 rings (SSSR count). The number of amides is 1. The molecular formula is C24H21NO5S. The van der Waals surface area contributed by atoms with Gasteiger partial charge in [-0.3, -0.25) is 4.55 Å². The first-order valence-electron chi connectivity index (χ1n) is 9.77. The van der Waals surface area contributed by atoms with Crippen LogP contribution in [-0.2, 0) is 14.9 Å². The van der Waals surface area contributed by atoms with Crippen LogP contribution in [0.1, 0.15) is 22.6 Å². The van der Waals surface area contributed by atoms with Crippen LogP contribution in [0.5, 0.6) is 0 Å². The van der Waals surface area contributed by atoms with Crippen LogP contribution < -0.4 is 5.32 Å². The smallest absolute Gasteiger partial charge is 0.407 e. The summed E-state index contributed by atoms with van der Waals surface area (Å²) < 4.78 is 37.6. The van der Waals surface area contributed by atoms with E-state index in [0.29, 0.717) is 5.56 Å². The zero-order valence-corrected chi connectivity index (χ0v) is 17.4. The molecule has 0 saturated heterocycles. The molecule has 0 saturated carbocycles. The van der Waals surface area contributed by atoms with E-state index in [4.69, 9.17) is 4.74 Å². The molecule has 6 nitrogen and oxygen atoms in total. The normalized spacial score (nSPS) is 13.1. The molecular weight excluding hydrogens is 414 g/mol. The molecule has 0 heterocycles. The summed E-state index contributed by atoms with van der Waals surface area (Å²) >= 11 is 0.